The maximum absolute atomic E-state index is 11.9. The van der Waals surface area contributed by atoms with Crippen LogP contribution in [0.25, 0.3) is 0 Å². The number of Topliss-reactive ketones (excluding diaryl/α,β-unsaturated/α-hetero) is 1. The summed E-state index contributed by atoms with van der Waals surface area (Å²) in [7, 11) is 0. The van der Waals surface area contributed by atoms with Gasteiger partial charge in [0.2, 0.25) is 0 Å². The Morgan fingerprint density at radius 1 is 1.46 bits per heavy atom. The average molecular weight is 247 g/mol. The second kappa shape index (κ2) is 3.38. The standard InChI is InChI=1S/C11H19BrO/c1-8-5-6-11(4,9(13)7-12)10(8,2)3/h8H,5-7H2,1-4H3. The molecule has 2 atom stereocenters. The van der Waals surface area contributed by atoms with Crippen LogP contribution in [-0.4, -0.2) is 11.1 Å². The number of hydrogen-bond donors (Lipinski definition) is 0. The molecule has 0 spiro atoms. The predicted molar refractivity (Wildman–Crippen MR) is 59.1 cm³/mol. The van der Waals surface area contributed by atoms with Crippen molar-refractivity contribution in [3.63, 3.8) is 0 Å². The summed E-state index contributed by atoms with van der Waals surface area (Å²) < 4.78 is 0. The molecule has 1 aliphatic carbocycles. The molecule has 76 valence electrons. The summed E-state index contributed by atoms with van der Waals surface area (Å²) in [6, 6.07) is 0. The van der Waals surface area contributed by atoms with E-state index in [4.69, 9.17) is 0 Å². The number of carbonyl (C=O) groups excluding carboxylic acids is 1. The molecule has 0 aromatic heterocycles. The van der Waals surface area contributed by atoms with E-state index >= 15 is 0 Å². The van der Waals surface area contributed by atoms with Gasteiger partial charge in [-0.2, -0.15) is 0 Å². The number of hydrogen-bond acceptors (Lipinski definition) is 1. The minimum absolute atomic E-state index is 0.115. The molecule has 0 radical (unpaired) electrons. The molecule has 1 saturated carbocycles. The minimum atomic E-state index is -0.115. The smallest absolute Gasteiger partial charge is 0.149 e. The van der Waals surface area contributed by atoms with Crippen molar-refractivity contribution in [1.29, 1.82) is 0 Å². The largest absolute Gasteiger partial charge is 0.298 e. The fraction of sp³-hybridized carbons (Fsp3) is 0.909. The highest BCUT2D eigenvalue weighted by atomic mass is 79.9. The predicted octanol–water partition coefficient (Wildman–Crippen LogP) is 3.41. The lowest BCUT2D eigenvalue weighted by atomic mass is 9.64. The molecule has 0 saturated heterocycles. The molecule has 1 nitrogen and oxygen atoms in total. The van der Waals surface area contributed by atoms with Crippen molar-refractivity contribution in [3.05, 3.63) is 0 Å². The zero-order valence-electron chi connectivity index (χ0n) is 8.98. The minimum Gasteiger partial charge on any atom is -0.298 e. The molecule has 0 amide bonds. The molecule has 0 aromatic rings. The van der Waals surface area contributed by atoms with Crippen molar-refractivity contribution in [2.45, 2.75) is 40.5 Å². The average Bonchev–Trinajstić information content (AvgIpc) is 2.29. The maximum atomic E-state index is 11.9. The second-order valence-electron chi connectivity index (χ2n) is 5.05. The highest BCUT2D eigenvalue weighted by Crippen LogP contribution is 2.56. The first-order valence-corrected chi connectivity index (χ1v) is 6.07. The van der Waals surface area contributed by atoms with Crippen LogP contribution < -0.4 is 0 Å². The SMILES string of the molecule is CC1CCC(C)(C(=O)CBr)C1(C)C. The molecule has 2 unspecified atom stereocenters. The Morgan fingerprint density at radius 3 is 2.31 bits per heavy atom. The van der Waals surface area contributed by atoms with Gasteiger partial charge in [-0.15, -0.1) is 0 Å². The molecular formula is C11H19BrO. The molecule has 0 N–H and O–H groups in total. The van der Waals surface area contributed by atoms with Gasteiger partial charge in [0.25, 0.3) is 0 Å². The van der Waals surface area contributed by atoms with Crippen molar-refractivity contribution in [2.24, 2.45) is 16.7 Å². The van der Waals surface area contributed by atoms with Gasteiger partial charge in [0.15, 0.2) is 0 Å². The summed E-state index contributed by atoms with van der Waals surface area (Å²) in [5, 5.41) is 0.500. The van der Waals surface area contributed by atoms with E-state index in [1.54, 1.807) is 0 Å². The third-order valence-electron chi connectivity index (χ3n) is 4.47. The monoisotopic (exact) mass is 246 g/mol. The van der Waals surface area contributed by atoms with E-state index in [1.807, 2.05) is 0 Å². The van der Waals surface area contributed by atoms with Crippen molar-refractivity contribution < 1.29 is 4.79 Å². The van der Waals surface area contributed by atoms with Crippen molar-refractivity contribution in [1.82, 2.24) is 0 Å². The van der Waals surface area contributed by atoms with Gasteiger partial charge in [0.05, 0.1) is 5.33 Å². The molecule has 1 fully saturated rings. The van der Waals surface area contributed by atoms with Crippen LogP contribution in [0.4, 0.5) is 0 Å². The van der Waals surface area contributed by atoms with Crippen LogP contribution in [0.2, 0.25) is 0 Å². The molecule has 13 heavy (non-hydrogen) atoms. The van der Waals surface area contributed by atoms with Crippen LogP contribution in [0.15, 0.2) is 0 Å². The molecule has 0 aromatic carbocycles. The molecule has 0 heterocycles. The van der Waals surface area contributed by atoms with Gasteiger partial charge in [-0.3, -0.25) is 4.79 Å². The molecule has 0 aliphatic heterocycles. The van der Waals surface area contributed by atoms with E-state index in [-0.39, 0.29) is 10.8 Å². The molecular weight excluding hydrogens is 228 g/mol. The van der Waals surface area contributed by atoms with Crippen LogP contribution in [0.5, 0.6) is 0 Å². The van der Waals surface area contributed by atoms with Gasteiger partial charge in [-0.1, -0.05) is 43.6 Å². The van der Waals surface area contributed by atoms with Crippen LogP contribution >= 0.6 is 15.9 Å². The topological polar surface area (TPSA) is 17.1 Å². The number of carbonyl (C=O) groups is 1. The van der Waals surface area contributed by atoms with E-state index in [2.05, 4.69) is 43.6 Å². The Balaban J connectivity index is 2.98. The van der Waals surface area contributed by atoms with Crippen molar-refractivity contribution in [3.8, 4) is 0 Å². The lowest BCUT2D eigenvalue weighted by molar-refractivity contribution is -0.130. The Morgan fingerprint density at radius 2 is 2.00 bits per heavy atom. The highest BCUT2D eigenvalue weighted by molar-refractivity contribution is 9.09. The highest BCUT2D eigenvalue weighted by Gasteiger charge is 2.53. The molecule has 1 rings (SSSR count). The van der Waals surface area contributed by atoms with Gasteiger partial charge in [-0.05, 0) is 24.2 Å². The van der Waals surface area contributed by atoms with Crippen LogP contribution in [0, 0.1) is 16.7 Å². The number of ketones is 1. The van der Waals surface area contributed by atoms with E-state index in [1.165, 1.54) is 6.42 Å². The molecule has 0 bridgehead atoms. The Kier molecular flexibility index (Phi) is 2.92. The molecule has 2 heteroatoms. The molecule has 1 aliphatic rings. The Labute approximate surface area is 89.4 Å². The van der Waals surface area contributed by atoms with Gasteiger partial charge in [0.1, 0.15) is 5.78 Å². The Bertz CT molecular complexity index is 222. The zero-order valence-corrected chi connectivity index (χ0v) is 10.6. The fourth-order valence-electron chi connectivity index (χ4n) is 2.38. The normalized spacial score (nSPS) is 37.8. The van der Waals surface area contributed by atoms with Gasteiger partial charge >= 0.3 is 0 Å². The second-order valence-corrected chi connectivity index (χ2v) is 5.61. The van der Waals surface area contributed by atoms with Gasteiger partial charge in [0, 0.05) is 5.41 Å². The van der Waals surface area contributed by atoms with E-state index in [9.17, 15) is 4.79 Å². The first-order valence-electron chi connectivity index (χ1n) is 4.95. The van der Waals surface area contributed by atoms with E-state index in [0.717, 1.165) is 6.42 Å². The van der Waals surface area contributed by atoms with E-state index in [0.29, 0.717) is 17.0 Å². The van der Waals surface area contributed by atoms with Gasteiger partial charge in [-0.25, -0.2) is 0 Å². The van der Waals surface area contributed by atoms with E-state index < -0.39 is 0 Å². The summed E-state index contributed by atoms with van der Waals surface area (Å²) in [6.45, 7) is 8.84. The third kappa shape index (κ3) is 1.47. The van der Waals surface area contributed by atoms with Crippen molar-refractivity contribution >= 4 is 21.7 Å². The summed E-state index contributed by atoms with van der Waals surface area (Å²) in [5.74, 6) is 1.02. The summed E-state index contributed by atoms with van der Waals surface area (Å²) in [4.78, 5) is 11.9. The number of alkyl halides is 1. The fourth-order valence-corrected chi connectivity index (χ4v) is 3.00. The van der Waals surface area contributed by atoms with Crippen LogP contribution in [-0.2, 0) is 4.79 Å². The summed E-state index contributed by atoms with van der Waals surface area (Å²) >= 11 is 3.28. The maximum Gasteiger partial charge on any atom is 0.149 e. The summed E-state index contributed by atoms with van der Waals surface area (Å²) in [5.41, 5.74) is 0.0355. The first-order chi connectivity index (χ1) is 5.86. The van der Waals surface area contributed by atoms with Crippen LogP contribution in [0.1, 0.15) is 40.5 Å². The third-order valence-corrected chi connectivity index (χ3v) is 4.98. The zero-order chi connectivity index (χ0) is 10.3. The first kappa shape index (κ1) is 11.2. The number of halogens is 1. The van der Waals surface area contributed by atoms with Crippen LogP contribution in [0.3, 0.4) is 0 Å². The Hall–Kier alpha value is 0.150. The number of rotatable bonds is 2. The van der Waals surface area contributed by atoms with Gasteiger partial charge < -0.3 is 0 Å². The van der Waals surface area contributed by atoms with Crippen molar-refractivity contribution in [2.75, 3.05) is 5.33 Å². The summed E-state index contributed by atoms with van der Waals surface area (Å²) in [6.07, 6.45) is 2.23. The lowest BCUT2D eigenvalue weighted by Gasteiger charge is -2.39. The lowest BCUT2D eigenvalue weighted by Crippen LogP contribution is -2.40. The quantitative estimate of drug-likeness (QED) is 0.683.